The molecule has 1 aromatic carbocycles. The van der Waals surface area contributed by atoms with Gasteiger partial charge in [0.15, 0.2) is 5.96 Å². The third-order valence-electron chi connectivity index (χ3n) is 4.06. The van der Waals surface area contributed by atoms with Crippen molar-refractivity contribution in [1.82, 2.24) is 15.6 Å². The van der Waals surface area contributed by atoms with Gasteiger partial charge < -0.3 is 15.7 Å². The van der Waals surface area contributed by atoms with Gasteiger partial charge in [0.1, 0.15) is 5.60 Å². The zero-order valence-electron chi connectivity index (χ0n) is 16.4. The van der Waals surface area contributed by atoms with E-state index in [-0.39, 0.29) is 24.0 Å². The maximum absolute atomic E-state index is 10.7. The van der Waals surface area contributed by atoms with Crippen molar-refractivity contribution >= 4 is 41.3 Å². The van der Waals surface area contributed by atoms with E-state index < -0.39 is 5.60 Å². The van der Waals surface area contributed by atoms with Crippen molar-refractivity contribution < 1.29 is 5.11 Å². The molecule has 2 aromatic rings. The highest BCUT2D eigenvalue weighted by atomic mass is 127. The summed E-state index contributed by atoms with van der Waals surface area (Å²) >= 11 is 1.74. The Kier molecular flexibility index (Phi) is 10.9. The molecule has 1 heterocycles. The number of aryl methyl sites for hydroxylation is 2. The van der Waals surface area contributed by atoms with E-state index in [1.807, 2.05) is 44.2 Å². The number of guanidine groups is 1. The quantitative estimate of drug-likeness (QED) is 0.211. The lowest BCUT2D eigenvalue weighted by Crippen LogP contribution is -2.39. The van der Waals surface area contributed by atoms with Crippen molar-refractivity contribution in [3.63, 3.8) is 0 Å². The second kappa shape index (κ2) is 12.3. The molecule has 3 N–H and O–H groups in total. The minimum Gasteiger partial charge on any atom is -0.384 e. The van der Waals surface area contributed by atoms with Crippen molar-refractivity contribution in [3.05, 3.63) is 52.0 Å². The van der Waals surface area contributed by atoms with E-state index >= 15 is 0 Å². The van der Waals surface area contributed by atoms with Gasteiger partial charge >= 0.3 is 0 Å². The van der Waals surface area contributed by atoms with Crippen LogP contribution < -0.4 is 10.6 Å². The molecule has 2 rings (SSSR count). The van der Waals surface area contributed by atoms with Crippen molar-refractivity contribution in [3.8, 4) is 0 Å². The van der Waals surface area contributed by atoms with Gasteiger partial charge in [-0.05, 0) is 45.6 Å². The van der Waals surface area contributed by atoms with Crippen LogP contribution in [-0.2, 0) is 12.0 Å². The van der Waals surface area contributed by atoms with Crippen LogP contribution in [0, 0.1) is 6.92 Å². The molecule has 1 aromatic heterocycles. The normalized spacial score (nSPS) is 13.6. The van der Waals surface area contributed by atoms with E-state index in [2.05, 4.69) is 26.0 Å². The molecule has 0 saturated heterocycles. The highest BCUT2D eigenvalue weighted by molar-refractivity contribution is 14.0. The average molecular weight is 502 g/mol. The number of unbranched alkanes of at least 4 members (excludes halogenated alkanes) is 1. The summed E-state index contributed by atoms with van der Waals surface area (Å²) in [5, 5.41) is 20.6. The second-order valence-corrected chi connectivity index (χ2v) is 7.54. The molecule has 0 radical (unpaired) electrons. The lowest BCUT2D eigenvalue weighted by molar-refractivity contribution is 0.0672. The maximum atomic E-state index is 10.7. The number of nitrogens with one attached hydrogen (secondary N) is 2. The van der Waals surface area contributed by atoms with Crippen LogP contribution in [0.5, 0.6) is 0 Å². The van der Waals surface area contributed by atoms with Crippen LogP contribution in [0.4, 0.5) is 0 Å². The Morgan fingerprint density at radius 2 is 1.96 bits per heavy atom. The van der Waals surface area contributed by atoms with Crippen LogP contribution in [0.15, 0.2) is 40.7 Å². The van der Waals surface area contributed by atoms with Gasteiger partial charge in [-0.1, -0.05) is 30.3 Å². The van der Waals surface area contributed by atoms with E-state index in [9.17, 15) is 5.11 Å². The molecule has 5 nitrogen and oxygen atoms in total. The molecule has 1 unspecified atom stereocenters. The van der Waals surface area contributed by atoms with Gasteiger partial charge in [0, 0.05) is 24.2 Å². The Morgan fingerprint density at radius 3 is 2.59 bits per heavy atom. The number of aliphatic hydroxyl groups is 1. The Bertz CT molecular complexity index is 688. The minimum absolute atomic E-state index is 0. The smallest absolute Gasteiger partial charge is 0.191 e. The van der Waals surface area contributed by atoms with Gasteiger partial charge in [-0.3, -0.25) is 0 Å². The molecular formula is C20H31IN4OS. The van der Waals surface area contributed by atoms with Gasteiger partial charge in [-0.25, -0.2) is 9.98 Å². The molecule has 0 spiro atoms. The lowest BCUT2D eigenvalue weighted by atomic mass is 9.96. The highest BCUT2D eigenvalue weighted by Crippen LogP contribution is 2.20. The van der Waals surface area contributed by atoms with Gasteiger partial charge in [0.05, 0.1) is 11.6 Å². The number of aliphatic imine (C=N–C) groups is 1. The molecule has 27 heavy (non-hydrogen) atoms. The van der Waals surface area contributed by atoms with Crippen molar-refractivity contribution in [1.29, 1.82) is 0 Å². The summed E-state index contributed by atoms with van der Waals surface area (Å²) in [7, 11) is 0. The van der Waals surface area contributed by atoms with Gasteiger partial charge in [-0.15, -0.1) is 35.3 Å². The number of nitrogens with zero attached hydrogens (tertiary/aromatic N) is 2. The number of thiazole rings is 1. The summed E-state index contributed by atoms with van der Waals surface area (Å²) in [6.07, 6.45) is 3.18. The zero-order valence-corrected chi connectivity index (χ0v) is 19.5. The fourth-order valence-corrected chi connectivity index (χ4v) is 3.41. The van der Waals surface area contributed by atoms with Gasteiger partial charge in [0.2, 0.25) is 0 Å². The van der Waals surface area contributed by atoms with Crippen LogP contribution in [0.2, 0.25) is 0 Å². The maximum Gasteiger partial charge on any atom is 0.191 e. The summed E-state index contributed by atoms with van der Waals surface area (Å²) < 4.78 is 0. The number of hydrogen-bond donors (Lipinski definition) is 3. The first-order valence-electron chi connectivity index (χ1n) is 9.22. The third-order valence-corrected chi connectivity index (χ3v) is 5.09. The Balaban J connectivity index is 0.00000364. The average Bonchev–Trinajstić information content (AvgIpc) is 3.05. The van der Waals surface area contributed by atoms with E-state index in [1.54, 1.807) is 18.3 Å². The fourth-order valence-electron chi connectivity index (χ4n) is 2.59. The Hall–Kier alpha value is -1.19. The summed E-state index contributed by atoms with van der Waals surface area (Å²) in [5.74, 6) is 0.744. The molecule has 150 valence electrons. The zero-order chi connectivity index (χ0) is 18.8. The SMILES string of the molecule is CCNC(=NCC(C)(O)c1ccccc1)NCCCCc1nc(C)cs1.I. The summed E-state index contributed by atoms with van der Waals surface area (Å²) in [5.41, 5.74) is 1.00. The van der Waals surface area contributed by atoms with Crippen molar-refractivity contribution in [2.45, 2.75) is 45.6 Å². The molecule has 0 aliphatic carbocycles. The Morgan fingerprint density at radius 1 is 1.22 bits per heavy atom. The number of rotatable bonds is 9. The number of aromatic nitrogens is 1. The second-order valence-electron chi connectivity index (χ2n) is 6.60. The van der Waals surface area contributed by atoms with Crippen molar-refractivity contribution in [2.24, 2.45) is 4.99 Å². The monoisotopic (exact) mass is 502 g/mol. The van der Waals surface area contributed by atoms with Crippen LogP contribution in [0.25, 0.3) is 0 Å². The van der Waals surface area contributed by atoms with Crippen molar-refractivity contribution in [2.75, 3.05) is 19.6 Å². The Labute approximate surface area is 183 Å². The number of hydrogen-bond acceptors (Lipinski definition) is 4. The molecular weight excluding hydrogens is 471 g/mol. The summed E-state index contributed by atoms with van der Waals surface area (Å²) in [6.45, 7) is 7.82. The highest BCUT2D eigenvalue weighted by Gasteiger charge is 2.22. The predicted molar refractivity (Wildman–Crippen MR) is 125 cm³/mol. The van der Waals surface area contributed by atoms with Crippen LogP contribution in [0.3, 0.4) is 0 Å². The first-order chi connectivity index (χ1) is 12.5. The predicted octanol–water partition coefficient (Wildman–Crippen LogP) is 3.86. The van der Waals surface area contributed by atoms with Gasteiger partial charge in [0.25, 0.3) is 0 Å². The largest absolute Gasteiger partial charge is 0.384 e. The lowest BCUT2D eigenvalue weighted by Gasteiger charge is -2.22. The molecule has 0 fully saturated rings. The minimum atomic E-state index is -0.980. The first-order valence-corrected chi connectivity index (χ1v) is 10.1. The number of benzene rings is 1. The third kappa shape index (κ3) is 8.57. The van der Waals surface area contributed by atoms with Crippen LogP contribution in [0.1, 0.15) is 43.0 Å². The summed E-state index contributed by atoms with van der Waals surface area (Å²) in [6, 6.07) is 9.66. The van der Waals surface area contributed by atoms with Crippen LogP contribution >= 0.6 is 35.3 Å². The standard InChI is InChI=1S/C20H30N4OS.HI/c1-4-21-19(22-13-9-8-12-18-24-16(2)14-26-18)23-15-20(3,25)17-10-6-5-7-11-17;/h5-7,10-11,14,25H,4,8-9,12-13,15H2,1-3H3,(H2,21,22,23);1H. The molecule has 7 heteroatoms. The first kappa shape index (κ1) is 23.8. The summed E-state index contributed by atoms with van der Waals surface area (Å²) in [4.78, 5) is 9.05. The molecule has 0 saturated carbocycles. The van der Waals surface area contributed by atoms with Crippen LogP contribution in [-0.4, -0.2) is 35.7 Å². The molecule has 0 aliphatic rings. The van der Waals surface area contributed by atoms with E-state index in [0.29, 0.717) is 6.54 Å². The topological polar surface area (TPSA) is 69.5 Å². The fraction of sp³-hybridized carbons (Fsp3) is 0.500. The van der Waals surface area contributed by atoms with Gasteiger partial charge in [-0.2, -0.15) is 0 Å². The molecule has 0 amide bonds. The van der Waals surface area contributed by atoms with E-state index in [4.69, 9.17) is 0 Å². The molecule has 0 bridgehead atoms. The molecule has 1 atom stereocenters. The molecule has 0 aliphatic heterocycles. The number of halogens is 1. The van der Waals surface area contributed by atoms with E-state index in [1.165, 1.54) is 5.01 Å². The van der Waals surface area contributed by atoms with E-state index in [0.717, 1.165) is 49.6 Å².